The Morgan fingerprint density at radius 1 is 1.14 bits per heavy atom. The SMILES string of the molecule is CCN1CCN(C(=O)Cc2ccc(COC=O)cc2)CC1. The van der Waals surface area contributed by atoms with Crippen LogP contribution in [-0.4, -0.2) is 54.9 Å². The fraction of sp³-hybridized carbons (Fsp3) is 0.500. The Morgan fingerprint density at radius 3 is 2.33 bits per heavy atom. The topological polar surface area (TPSA) is 49.9 Å². The first-order valence-electron chi connectivity index (χ1n) is 7.36. The van der Waals surface area contributed by atoms with Crippen LogP contribution in [-0.2, 0) is 27.4 Å². The van der Waals surface area contributed by atoms with Gasteiger partial charge in [-0.15, -0.1) is 0 Å². The van der Waals surface area contributed by atoms with Crippen molar-refractivity contribution in [2.45, 2.75) is 20.0 Å². The number of carbonyl (C=O) groups is 2. The Bertz CT molecular complexity index is 465. The summed E-state index contributed by atoms with van der Waals surface area (Å²) in [6.45, 7) is 7.47. The van der Waals surface area contributed by atoms with E-state index in [0.717, 1.165) is 43.9 Å². The molecule has 5 heteroatoms. The third-order valence-electron chi connectivity index (χ3n) is 3.87. The minimum atomic E-state index is 0.183. The van der Waals surface area contributed by atoms with Crippen LogP contribution in [0.4, 0.5) is 0 Å². The number of piperazine rings is 1. The van der Waals surface area contributed by atoms with Crippen LogP contribution in [0.25, 0.3) is 0 Å². The first kappa shape index (κ1) is 15.5. The number of likely N-dealkylation sites (N-methyl/N-ethyl adjacent to an activating group) is 1. The van der Waals surface area contributed by atoms with Gasteiger partial charge < -0.3 is 14.5 Å². The van der Waals surface area contributed by atoms with E-state index < -0.39 is 0 Å². The van der Waals surface area contributed by atoms with Crippen LogP contribution in [0.15, 0.2) is 24.3 Å². The summed E-state index contributed by atoms with van der Waals surface area (Å²) in [4.78, 5) is 26.7. The number of rotatable bonds is 6. The van der Waals surface area contributed by atoms with E-state index in [2.05, 4.69) is 11.8 Å². The summed E-state index contributed by atoms with van der Waals surface area (Å²) in [5, 5.41) is 0. The average molecular weight is 290 g/mol. The smallest absolute Gasteiger partial charge is 0.293 e. The van der Waals surface area contributed by atoms with E-state index in [4.69, 9.17) is 4.74 Å². The van der Waals surface area contributed by atoms with Crippen LogP contribution in [0.1, 0.15) is 18.1 Å². The lowest BCUT2D eigenvalue weighted by Crippen LogP contribution is -2.48. The zero-order valence-corrected chi connectivity index (χ0v) is 12.5. The summed E-state index contributed by atoms with van der Waals surface area (Å²) in [6.07, 6.45) is 0.431. The molecule has 5 nitrogen and oxygen atoms in total. The Balaban J connectivity index is 1.83. The van der Waals surface area contributed by atoms with Gasteiger partial charge in [0.1, 0.15) is 6.61 Å². The van der Waals surface area contributed by atoms with Crippen LogP contribution >= 0.6 is 0 Å². The lowest BCUT2D eigenvalue weighted by molar-refractivity contribution is -0.132. The highest BCUT2D eigenvalue weighted by Crippen LogP contribution is 2.09. The zero-order chi connectivity index (χ0) is 15.1. The monoisotopic (exact) mass is 290 g/mol. The number of nitrogens with zero attached hydrogens (tertiary/aromatic N) is 2. The van der Waals surface area contributed by atoms with E-state index in [9.17, 15) is 9.59 Å². The second-order valence-electron chi connectivity index (χ2n) is 5.22. The van der Waals surface area contributed by atoms with Gasteiger partial charge in [-0.25, -0.2) is 0 Å². The molecular weight excluding hydrogens is 268 g/mol. The molecule has 0 spiro atoms. The van der Waals surface area contributed by atoms with Crippen molar-refractivity contribution < 1.29 is 14.3 Å². The van der Waals surface area contributed by atoms with E-state index in [0.29, 0.717) is 12.9 Å². The predicted molar refractivity (Wildman–Crippen MR) is 79.7 cm³/mol. The number of carbonyl (C=O) groups excluding carboxylic acids is 2. The first-order chi connectivity index (χ1) is 10.2. The largest absolute Gasteiger partial charge is 0.463 e. The maximum absolute atomic E-state index is 12.3. The quantitative estimate of drug-likeness (QED) is 0.735. The van der Waals surface area contributed by atoms with E-state index in [1.54, 1.807) is 0 Å². The summed E-state index contributed by atoms with van der Waals surface area (Å²) in [5.41, 5.74) is 1.92. The molecule has 0 atom stereocenters. The lowest BCUT2D eigenvalue weighted by atomic mass is 10.1. The minimum absolute atomic E-state index is 0.183. The van der Waals surface area contributed by atoms with Crippen LogP contribution in [0.3, 0.4) is 0 Å². The summed E-state index contributed by atoms with van der Waals surface area (Å²) in [6, 6.07) is 7.62. The molecule has 0 N–H and O–H groups in total. The van der Waals surface area contributed by atoms with Gasteiger partial charge in [0.15, 0.2) is 0 Å². The molecule has 0 unspecified atom stereocenters. The highest BCUT2D eigenvalue weighted by molar-refractivity contribution is 5.78. The van der Waals surface area contributed by atoms with Crippen LogP contribution in [0, 0.1) is 0 Å². The second kappa shape index (κ2) is 7.78. The Hall–Kier alpha value is -1.88. The first-order valence-corrected chi connectivity index (χ1v) is 7.36. The number of hydrogen-bond acceptors (Lipinski definition) is 4. The molecule has 1 aromatic rings. The summed E-state index contributed by atoms with van der Waals surface area (Å²) < 4.78 is 4.70. The van der Waals surface area contributed by atoms with Gasteiger partial charge in [-0.3, -0.25) is 9.59 Å². The number of ether oxygens (including phenoxy) is 1. The van der Waals surface area contributed by atoms with E-state index >= 15 is 0 Å². The van der Waals surface area contributed by atoms with Crippen molar-refractivity contribution in [3.8, 4) is 0 Å². The van der Waals surface area contributed by atoms with Gasteiger partial charge in [-0.05, 0) is 17.7 Å². The van der Waals surface area contributed by atoms with Gasteiger partial charge in [0.25, 0.3) is 6.47 Å². The third kappa shape index (κ3) is 4.56. The molecular formula is C16H22N2O3. The van der Waals surface area contributed by atoms with Crippen molar-refractivity contribution in [3.63, 3.8) is 0 Å². The van der Waals surface area contributed by atoms with Gasteiger partial charge in [0.05, 0.1) is 6.42 Å². The van der Waals surface area contributed by atoms with Crippen molar-refractivity contribution in [3.05, 3.63) is 35.4 Å². The molecule has 0 bridgehead atoms. The van der Waals surface area contributed by atoms with Crippen LogP contribution in [0.5, 0.6) is 0 Å². The fourth-order valence-electron chi connectivity index (χ4n) is 2.48. The van der Waals surface area contributed by atoms with Crippen molar-refractivity contribution in [1.82, 2.24) is 9.80 Å². The fourth-order valence-corrected chi connectivity index (χ4v) is 2.48. The molecule has 1 aliphatic rings. The zero-order valence-electron chi connectivity index (χ0n) is 12.5. The maximum Gasteiger partial charge on any atom is 0.293 e. The van der Waals surface area contributed by atoms with Crippen LogP contribution < -0.4 is 0 Å². The van der Waals surface area contributed by atoms with Gasteiger partial charge >= 0.3 is 0 Å². The predicted octanol–water partition coefficient (Wildman–Crippen LogP) is 1.07. The van der Waals surface area contributed by atoms with Gasteiger partial charge in [-0.1, -0.05) is 31.2 Å². The van der Waals surface area contributed by atoms with Crippen molar-refractivity contribution in [1.29, 1.82) is 0 Å². The minimum Gasteiger partial charge on any atom is -0.463 e. The average Bonchev–Trinajstić information content (AvgIpc) is 2.54. The standard InChI is InChI=1S/C16H22N2O3/c1-2-17-7-9-18(10-8-17)16(20)11-14-3-5-15(6-4-14)12-21-13-19/h3-6,13H,2,7-12H2,1H3. The molecule has 0 aliphatic carbocycles. The third-order valence-corrected chi connectivity index (χ3v) is 3.87. The molecule has 0 saturated carbocycles. The summed E-state index contributed by atoms with van der Waals surface area (Å²) >= 11 is 0. The molecule has 0 radical (unpaired) electrons. The van der Waals surface area contributed by atoms with E-state index in [1.165, 1.54) is 0 Å². The summed E-state index contributed by atoms with van der Waals surface area (Å²) in [7, 11) is 0. The number of hydrogen-bond donors (Lipinski definition) is 0. The van der Waals surface area contributed by atoms with Gasteiger partial charge in [0.2, 0.25) is 5.91 Å². The number of benzene rings is 1. The van der Waals surface area contributed by atoms with Gasteiger partial charge in [0, 0.05) is 26.2 Å². The van der Waals surface area contributed by atoms with Crippen LogP contribution in [0.2, 0.25) is 0 Å². The molecule has 2 rings (SSSR count). The Labute approximate surface area is 125 Å². The second-order valence-corrected chi connectivity index (χ2v) is 5.22. The normalized spacial score (nSPS) is 15.8. The molecule has 21 heavy (non-hydrogen) atoms. The summed E-state index contributed by atoms with van der Waals surface area (Å²) in [5.74, 6) is 0.183. The highest BCUT2D eigenvalue weighted by atomic mass is 16.5. The van der Waals surface area contributed by atoms with E-state index in [1.807, 2.05) is 29.2 Å². The molecule has 1 aromatic carbocycles. The number of amides is 1. The molecule has 1 aliphatic heterocycles. The molecule has 1 heterocycles. The highest BCUT2D eigenvalue weighted by Gasteiger charge is 2.19. The maximum atomic E-state index is 12.3. The molecule has 0 aromatic heterocycles. The molecule has 1 saturated heterocycles. The lowest BCUT2D eigenvalue weighted by Gasteiger charge is -2.34. The van der Waals surface area contributed by atoms with Crippen molar-refractivity contribution >= 4 is 12.4 Å². The Morgan fingerprint density at radius 2 is 1.76 bits per heavy atom. The molecule has 114 valence electrons. The molecule has 1 fully saturated rings. The Kier molecular flexibility index (Phi) is 5.75. The van der Waals surface area contributed by atoms with Crippen molar-refractivity contribution in [2.24, 2.45) is 0 Å². The van der Waals surface area contributed by atoms with E-state index in [-0.39, 0.29) is 12.5 Å². The molecule has 1 amide bonds. The van der Waals surface area contributed by atoms with Crippen molar-refractivity contribution in [2.75, 3.05) is 32.7 Å². The van der Waals surface area contributed by atoms with Gasteiger partial charge in [-0.2, -0.15) is 0 Å².